The molecule has 5 atom stereocenters. The van der Waals surface area contributed by atoms with Gasteiger partial charge in [0, 0.05) is 95.6 Å². The molecule has 3 aromatic heterocycles. The number of nitrogens with zero attached hydrogens (tertiary/aromatic N) is 8. The zero-order chi connectivity index (χ0) is 59.0. The van der Waals surface area contributed by atoms with Gasteiger partial charge in [-0.2, -0.15) is 10.2 Å². The second-order valence-electron chi connectivity index (χ2n) is 21.5. The van der Waals surface area contributed by atoms with Crippen molar-refractivity contribution in [2.24, 2.45) is 32.4 Å². The Kier molecular flexibility index (Phi) is 27.9. The smallest absolute Gasteiger partial charge is 0.222 e. The van der Waals surface area contributed by atoms with E-state index in [4.69, 9.17) is 50.4 Å². The summed E-state index contributed by atoms with van der Waals surface area (Å²) in [5.74, 6) is 1.14. The molecule has 17 nitrogen and oxygen atoms in total. The highest BCUT2D eigenvalue weighted by Crippen LogP contribution is 2.49. The number of carbonyl (C=O) groups excluding carboxylic acids is 3. The van der Waals surface area contributed by atoms with Crippen molar-refractivity contribution in [1.29, 1.82) is 0 Å². The number of nitrogens with one attached hydrogen (secondary N) is 1. The van der Waals surface area contributed by atoms with Gasteiger partial charge in [-0.25, -0.2) is 8.82 Å². The van der Waals surface area contributed by atoms with E-state index in [1.165, 1.54) is 16.0 Å². The molecule has 0 spiro atoms. The number of aliphatic hydroxyl groups is 1. The van der Waals surface area contributed by atoms with Crippen LogP contribution in [0.25, 0.3) is 27.5 Å². The van der Waals surface area contributed by atoms with Crippen molar-refractivity contribution in [2.75, 3.05) is 79.5 Å². The number of hydrogen-bond donors (Lipinski definition) is 2. The standard InChI is InChI=1S/C54H70ClN9O5S2.C5H10O.CH4O.CH2O/c1-7-8-10-43-35-59-64-25-18-42(33-46(43)64)50-47(17-14-40-11-9-21-58-51(40)50)71-62-23-19-45(20-24-62)69-32-31-68-30-29-67-28-27-66-26-22-57-48(65)34-54(5)36-63(39(4)61-56-6)53-49(37(2)38(3)70-53)52(60-54)41-12-15-44(55)16-13-41;1-5(2,3)4-6;2*1-2/h9,11-18,21,25,33,35,37-38,45,49,53H,6-8,10,19-20,22-24,26-32,34,36H2,1-5H3,(H,57,65);4H,1-3H3;2H,1H3;1H2/b61-39-;;;/t37?,38?,49?,53?,54-;;;/m1.../s1. The first-order valence-electron chi connectivity index (χ1n) is 28.0. The van der Waals surface area contributed by atoms with Crippen LogP contribution in [0, 0.1) is 17.3 Å². The van der Waals surface area contributed by atoms with Crippen LogP contribution in [0.2, 0.25) is 5.02 Å². The SMILES string of the molecule is C=N/N=C(/C)N1C[C@@](C)(CC(=O)NCCOCCOCCOCCOC2CCN(Sc3ccc4cccnc4c3-c3ccn4ncc(CCCC)c4c3)CC2)N=C(c2ccc(Cl)cc2)C2C(C)C(C)SC21.C=O.CC(C)(C)C=O.CO. The van der Waals surface area contributed by atoms with Crippen LogP contribution in [0.4, 0.5) is 0 Å². The minimum absolute atomic E-state index is 0.0859. The molecule has 1 amide bonds. The fourth-order valence-electron chi connectivity index (χ4n) is 9.86. The maximum atomic E-state index is 13.5. The number of aliphatic imine (C=N–C) groups is 1. The molecular weight excluding hydrogens is 1090 g/mol. The molecule has 5 aromatic rings. The average molecular weight is 1170 g/mol. The highest BCUT2D eigenvalue weighted by molar-refractivity contribution is 8.00. The van der Waals surface area contributed by atoms with Crippen molar-refractivity contribution in [2.45, 2.75) is 121 Å². The number of halogens is 1. The number of aromatic nitrogens is 3. The third-order valence-corrected chi connectivity index (χ3v) is 17.2. The maximum absolute atomic E-state index is 13.5. The number of carbonyl (C=O) groups is 3. The number of thioether (sulfide) groups is 1. The van der Waals surface area contributed by atoms with Gasteiger partial charge in [-0.15, -0.1) is 16.9 Å². The second-order valence-corrected chi connectivity index (χ2v) is 24.6. The number of unbranched alkanes of at least 4 members (excludes halogenated alkanes) is 1. The van der Waals surface area contributed by atoms with Gasteiger partial charge in [-0.1, -0.05) is 83.8 Å². The molecule has 81 heavy (non-hydrogen) atoms. The summed E-state index contributed by atoms with van der Waals surface area (Å²) >= 11 is 10.0. The number of amides is 1. The van der Waals surface area contributed by atoms with Crippen LogP contribution in [-0.4, -0.2) is 168 Å². The first kappa shape index (κ1) is 66.7. The predicted molar refractivity (Wildman–Crippen MR) is 331 cm³/mol. The summed E-state index contributed by atoms with van der Waals surface area (Å²) in [5, 5.41) is 25.2. The maximum Gasteiger partial charge on any atom is 0.222 e. The van der Waals surface area contributed by atoms with E-state index in [0.29, 0.717) is 75.5 Å². The molecule has 3 aliphatic heterocycles. The van der Waals surface area contributed by atoms with Crippen molar-refractivity contribution in [3.63, 3.8) is 0 Å². The van der Waals surface area contributed by atoms with Crippen LogP contribution >= 0.6 is 35.3 Å². The van der Waals surface area contributed by atoms with Crippen molar-refractivity contribution < 1.29 is 38.4 Å². The van der Waals surface area contributed by atoms with Gasteiger partial charge >= 0.3 is 0 Å². The molecule has 4 unspecified atom stereocenters. The Labute approximate surface area is 493 Å². The van der Waals surface area contributed by atoms with Crippen LogP contribution in [0.15, 0.2) is 99.3 Å². The average Bonchev–Trinajstić information content (AvgIpc) is 4.14. The predicted octanol–water partition coefficient (Wildman–Crippen LogP) is 10.6. The molecule has 8 rings (SSSR count). The number of benzene rings is 2. The lowest BCUT2D eigenvalue weighted by Gasteiger charge is -2.35. The van der Waals surface area contributed by atoms with E-state index < -0.39 is 5.54 Å². The summed E-state index contributed by atoms with van der Waals surface area (Å²) in [7, 11) is 1.00. The van der Waals surface area contributed by atoms with E-state index in [2.05, 4.69) is 93.8 Å². The number of rotatable bonds is 23. The van der Waals surface area contributed by atoms with Gasteiger partial charge in [0.25, 0.3) is 0 Å². The zero-order valence-electron chi connectivity index (χ0n) is 49.0. The number of ether oxygens (including phenoxy) is 4. The highest BCUT2D eigenvalue weighted by atomic mass is 35.5. The molecule has 442 valence electrons. The number of aryl methyl sites for hydroxylation is 1. The van der Waals surface area contributed by atoms with Gasteiger partial charge in [-0.05, 0) is 110 Å². The minimum atomic E-state index is -0.730. The Morgan fingerprint density at radius 3 is 2.30 bits per heavy atom. The number of amidine groups is 1. The van der Waals surface area contributed by atoms with Gasteiger partial charge in [0.15, 0.2) is 0 Å². The van der Waals surface area contributed by atoms with E-state index in [1.807, 2.05) is 112 Å². The lowest BCUT2D eigenvalue weighted by atomic mass is 9.84. The van der Waals surface area contributed by atoms with Crippen molar-refractivity contribution in [3.8, 4) is 11.1 Å². The first-order chi connectivity index (χ1) is 39.1. The molecule has 3 aliphatic rings. The van der Waals surface area contributed by atoms with Gasteiger partial charge in [0.05, 0.1) is 86.9 Å². The van der Waals surface area contributed by atoms with Crippen LogP contribution in [-0.2, 0) is 39.8 Å². The van der Waals surface area contributed by atoms with Crippen molar-refractivity contribution in [1.82, 2.24) is 29.1 Å². The molecule has 0 saturated carbocycles. The summed E-state index contributed by atoms with van der Waals surface area (Å²) < 4.78 is 28.0. The summed E-state index contributed by atoms with van der Waals surface area (Å²) in [6.07, 6.45) is 12.6. The summed E-state index contributed by atoms with van der Waals surface area (Å²) in [6.45, 7) is 28.1. The summed E-state index contributed by atoms with van der Waals surface area (Å²) in [4.78, 5) is 45.1. The summed E-state index contributed by atoms with van der Waals surface area (Å²) in [5.41, 5.74) is 6.96. The van der Waals surface area contributed by atoms with Crippen LogP contribution in [0.1, 0.15) is 98.6 Å². The number of hydrogen-bond acceptors (Lipinski definition) is 16. The lowest BCUT2D eigenvalue weighted by molar-refractivity contribution is -0.122. The van der Waals surface area contributed by atoms with Crippen LogP contribution in [0.3, 0.4) is 0 Å². The molecule has 0 bridgehead atoms. The first-order valence-corrected chi connectivity index (χ1v) is 30.1. The van der Waals surface area contributed by atoms with Gasteiger partial charge in [0.2, 0.25) is 5.91 Å². The topological polar surface area (TPSA) is 194 Å². The van der Waals surface area contributed by atoms with Gasteiger partial charge in [0.1, 0.15) is 18.9 Å². The Bertz CT molecular complexity index is 2810. The van der Waals surface area contributed by atoms with E-state index in [9.17, 15) is 9.59 Å². The molecule has 20 heteroatoms. The Morgan fingerprint density at radius 1 is 0.975 bits per heavy atom. The zero-order valence-corrected chi connectivity index (χ0v) is 51.4. The Hall–Kier alpha value is -5.09. The van der Waals surface area contributed by atoms with Crippen molar-refractivity contribution >= 4 is 89.0 Å². The van der Waals surface area contributed by atoms with E-state index in [0.717, 1.165) is 97.7 Å². The third kappa shape index (κ3) is 19.8. The fourth-order valence-corrected chi connectivity index (χ4v) is 12.9. The quantitative estimate of drug-likeness (QED) is 0.0157. The van der Waals surface area contributed by atoms with Gasteiger partial charge in [-0.3, -0.25) is 14.8 Å². The molecule has 0 aliphatic carbocycles. The van der Waals surface area contributed by atoms with Crippen LogP contribution in [0.5, 0.6) is 0 Å². The number of fused-ring (bicyclic) bond motifs is 3. The second kappa shape index (κ2) is 33.9. The van der Waals surface area contributed by atoms with E-state index in [-0.39, 0.29) is 35.1 Å². The molecule has 6 heterocycles. The normalized spacial score (nSPS) is 20.4. The molecule has 2 N–H and O–H groups in total. The monoisotopic (exact) mass is 1170 g/mol. The van der Waals surface area contributed by atoms with Crippen molar-refractivity contribution in [3.05, 3.63) is 95.4 Å². The Balaban J connectivity index is 0.00000112. The van der Waals surface area contributed by atoms with Gasteiger partial charge < -0.3 is 43.9 Å². The Morgan fingerprint density at radius 2 is 1.64 bits per heavy atom. The largest absolute Gasteiger partial charge is 0.400 e. The third-order valence-electron chi connectivity index (χ3n) is 14.1. The van der Waals surface area contributed by atoms with E-state index >= 15 is 0 Å². The fraction of sp³-hybridized carbons (Fsp3) is 0.541. The number of pyridine rings is 2. The van der Waals surface area contributed by atoms with E-state index in [1.54, 1.807) is 0 Å². The molecule has 0 radical (unpaired) electrons. The minimum Gasteiger partial charge on any atom is -0.400 e. The summed E-state index contributed by atoms with van der Waals surface area (Å²) in [6, 6.07) is 20.9. The molecule has 2 aromatic carbocycles. The molecule has 2 saturated heterocycles. The number of aliphatic hydroxyl groups excluding tert-OH is 1. The lowest BCUT2D eigenvalue weighted by Crippen LogP contribution is -2.48. The molecule has 2 fully saturated rings. The van der Waals surface area contributed by atoms with Crippen LogP contribution < -0.4 is 5.32 Å². The number of aldehydes is 1. The molecular formula is C61H86ClN9O8S2. The highest BCUT2D eigenvalue weighted by Gasteiger charge is 2.50. The number of piperidine rings is 1.